The topological polar surface area (TPSA) is 59.1 Å². The number of likely N-dealkylation sites (tertiary alicyclic amines) is 1. The van der Waals surface area contributed by atoms with E-state index < -0.39 is 0 Å². The van der Waals surface area contributed by atoms with Gasteiger partial charge in [0.1, 0.15) is 12.4 Å². The predicted octanol–water partition coefficient (Wildman–Crippen LogP) is 3.46. The van der Waals surface area contributed by atoms with Gasteiger partial charge in [-0.3, -0.25) is 9.59 Å². The van der Waals surface area contributed by atoms with E-state index in [0.717, 1.165) is 30.5 Å². The highest BCUT2D eigenvalue weighted by atomic mass is 16.5. The summed E-state index contributed by atoms with van der Waals surface area (Å²) in [5.74, 6) is 0.806. The minimum atomic E-state index is 0.0239. The van der Waals surface area contributed by atoms with Crippen LogP contribution in [0.5, 0.6) is 5.75 Å². The molecule has 4 rings (SSSR count). The van der Waals surface area contributed by atoms with E-state index >= 15 is 0 Å². The van der Waals surface area contributed by atoms with Crippen LogP contribution in [0.15, 0.2) is 42.5 Å². The highest BCUT2D eigenvalue weighted by molar-refractivity contribution is 5.95. The molecule has 6 nitrogen and oxygen atoms in total. The maximum absolute atomic E-state index is 13.0. The van der Waals surface area contributed by atoms with E-state index in [4.69, 9.17) is 9.47 Å². The third-order valence-corrected chi connectivity index (χ3v) is 6.23. The van der Waals surface area contributed by atoms with E-state index in [1.165, 1.54) is 5.56 Å². The average Bonchev–Trinajstić information content (AvgIpc) is 3.28. The van der Waals surface area contributed by atoms with Gasteiger partial charge < -0.3 is 19.3 Å². The van der Waals surface area contributed by atoms with Gasteiger partial charge >= 0.3 is 0 Å². The first-order valence-corrected chi connectivity index (χ1v) is 11.0. The van der Waals surface area contributed by atoms with Gasteiger partial charge in [-0.25, -0.2) is 0 Å². The van der Waals surface area contributed by atoms with Gasteiger partial charge in [0.15, 0.2) is 0 Å². The normalized spacial score (nSPS) is 18.8. The van der Waals surface area contributed by atoms with Gasteiger partial charge in [-0.2, -0.15) is 0 Å². The molecule has 2 fully saturated rings. The molecular formula is C25H30N2O4. The van der Waals surface area contributed by atoms with E-state index in [0.29, 0.717) is 44.2 Å². The van der Waals surface area contributed by atoms with Crippen LogP contribution in [0.2, 0.25) is 0 Å². The molecule has 2 aliphatic rings. The monoisotopic (exact) mass is 422 g/mol. The van der Waals surface area contributed by atoms with Crippen molar-refractivity contribution >= 4 is 11.8 Å². The molecule has 2 amide bonds. The van der Waals surface area contributed by atoms with Crippen molar-refractivity contribution < 1.29 is 19.1 Å². The molecule has 6 heteroatoms. The Morgan fingerprint density at radius 1 is 0.935 bits per heavy atom. The summed E-state index contributed by atoms with van der Waals surface area (Å²) in [5.41, 5.74) is 3.71. The number of benzene rings is 2. The molecule has 2 heterocycles. The van der Waals surface area contributed by atoms with E-state index in [1.54, 1.807) is 12.1 Å². The van der Waals surface area contributed by atoms with Crippen LogP contribution in [0.4, 0.5) is 0 Å². The number of carbonyl (C=O) groups is 2. The van der Waals surface area contributed by atoms with Gasteiger partial charge in [0.05, 0.1) is 19.3 Å². The lowest BCUT2D eigenvalue weighted by atomic mass is 10.1. The Kier molecular flexibility index (Phi) is 6.56. The van der Waals surface area contributed by atoms with Crippen molar-refractivity contribution in [3.63, 3.8) is 0 Å². The molecular weight excluding hydrogens is 392 g/mol. The molecule has 2 saturated heterocycles. The Morgan fingerprint density at radius 3 is 2.35 bits per heavy atom. The standard InChI is InChI=1S/C25H30N2O4/c1-18-5-6-21(16-19(18)2)25(29)27-11-3-4-22(27)17-31-23-9-7-20(8-10-23)24(28)26-12-14-30-15-13-26/h5-10,16,22H,3-4,11-15,17H2,1-2H3/t22-/m0/s1. The predicted molar refractivity (Wildman–Crippen MR) is 119 cm³/mol. The summed E-state index contributed by atoms with van der Waals surface area (Å²) in [6, 6.07) is 13.2. The molecule has 0 spiro atoms. The Balaban J connectivity index is 1.35. The van der Waals surface area contributed by atoms with Crippen LogP contribution in [-0.2, 0) is 4.74 Å². The van der Waals surface area contributed by atoms with Gasteiger partial charge in [0.2, 0.25) is 0 Å². The number of hydrogen-bond acceptors (Lipinski definition) is 4. The van der Waals surface area contributed by atoms with Gasteiger partial charge in [-0.15, -0.1) is 0 Å². The number of carbonyl (C=O) groups excluding carboxylic acids is 2. The van der Waals surface area contributed by atoms with Crippen molar-refractivity contribution in [2.24, 2.45) is 0 Å². The molecule has 2 aromatic rings. The van der Waals surface area contributed by atoms with Crippen molar-refractivity contribution in [1.82, 2.24) is 9.80 Å². The second-order valence-electron chi connectivity index (χ2n) is 8.33. The first kappa shape index (κ1) is 21.4. The van der Waals surface area contributed by atoms with Crippen molar-refractivity contribution in [3.8, 4) is 5.75 Å². The molecule has 0 N–H and O–H groups in total. The summed E-state index contributed by atoms with van der Waals surface area (Å²) in [7, 11) is 0. The molecule has 1 atom stereocenters. The second kappa shape index (κ2) is 9.52. The fraction of sp³-hybridized carbons (Fsp3) is 0.440. The van der Waals surface area contributed by atoms with Crippen molar-refractivity contribution in [3.05, 3.63) is 64.7 Å². The minimum absolute atomic E-state index is 0.0239. The maximum atomic E-state index is 13.0. The third kappa shape index (κ3) is 4.90. The fourth-order valence-electron chi connectivity index (χ4n) is 4.15. The minimum Gasteiger partial charge on any atom is -0.491 e. The summed E-state index contributed by atoms with van der Waals surface area (Å²) in [4.78, 5) is 29.3. The summed E-state index contributed by atoms with van der Waals surface area (Å²) in [6.07, 6.45) is 1.92. The SMILES string of the molecule is Cc1ccc(C(=O)N2CCC[C@H]2COc2ccc(C(=O)N3CCOCC3)cc2)cc1C. The lowest BCUT2D eigenvalue weighted by Crippen LogP contribution is -2.40. The fourth-order valence-corrected chi connectivity index (χ4v) is 4.15. The zero-order valence-corrected chi connectivity index (χ0v) is 18.3. The molecule has 164 valence electrons. The van der Waals surface area contributed by atoms with Crippen LogP contribution in [-0.4, -0.2) is 67.1 Å². The van der Waals surface area contributed by atoms with E-state index in [2.05, 4.69) is 6.92 Å². The van der Waals surface area contributed by atoms with Crippen molar-refractivity contribution in [2.75, 3.05) is 39.5 Å². The second-order valence-corrected chi connectivity index (χ2v) is 8.33. The molecule has 0 radical (unpaired) electrons. The number of rotatable bonds is 5. The van der Waals surface area contributed by atoms with Crippen LogP contribution in [0.3, 0.4) is 0 Å². The molecule has 0 saturated carbocycles. The zero-order valence-electron chi connectivity index (χ0n) is 18.3. The summed E-state index contributed by atoms with van der Waals surface area (Å²) < 4.78 is 11.3. The first-order valence-electron chi connectivity index (χ1n) is 11.0. The van der Waals surface area contributed by atoms with Gasteiger partial charge in [0, 0.05) is 30.8 Å². The van der Waals surface area contributed by atoms with E-state index in [-0.39, 0.29) is 17.9 Å². The van der Waals surface area contributed by atoms with Gasteiger partial charge in [-0.05, 0) is 74.2 Å². The first-order chi connectivity index (χ1) is 15.0. The molecule has 0 aliphatic carbocycles. The lowest BCUT2D eigenvalue weighted by Gasteiger charge is -2.27. The highest BCUT2D eigenvalue weighted by Gasteiger charge is 2.30. The van der Waals surface area contributed by atoms with Crippen LogP contribution >= 0.6 is 0 Å². The Hall–Kier alpha value is -2.86. The summed E-state index contributed by atoms with van der Waals surface area (Å²) in [5, 5.41) is 0. The van der Waals surface area contributed by atoms with Gasteiger partial charge in [0.25, 0.3) is 11.8 Å². The van der Waals surface area contributed by atoms with Crippen LogP contribution in [0.25, 0.3) is 0 Å². The highest BCUT2D eigenvalue weighted by Crippen LogP contribution is 2.23. The van der Waals surface area contributed by atoms with E-state index in [9.17, 15) is 9.59 Å². The van der Waals surface area contributed by atoms with Gasteiger partial charge in [-0.1, -0.05) is 6.07 Å². The van der Waals surface area contributed by atoms with Crippen molar-refractivity contribution in [1.29, 1.82) is 0 Å². The van der Waals surface area contributed by atoms with Crippen LogP contribution < -0.4 is 4.74 Å². The van der Waals surface area contributed by atoms with Crippen molar-refractivity contribution in [2.45, 2.75) is 32.7 Å². The number of nitrogens with zero attached hydrogens (tertiary/aromatic N) is 2. The smallest absolute Gasteiger partial charge is 0.254 e. The number of amides is 2. The molecule has 2 aromatic carbocycles. The molecule has 2 aliphatic heterocycles. The Labute approximate surface area is 183 Å². The quantitative estimate of drug-likeness (QED) is 0.741. The molecule has 0 unspecified atom stereocenters. The number of morpholine rings is 1. The molecule has 0 aromatic heterocycles. The summed E-state index contributed by atoms with van der Waals surface area (Å²) >= 11 is 0. The third-order valence-electron chi connectivity index (χ3n) is 6.23. The van der Waals surface area contributed by atoms with Crippen LogP contribution in [0.1, 0.15) is 44.7 Å². The Morgan fingerprint density at radius 2 is 1.65 bits per heavy atom. The number of aryl methyl sites for hydroxylation is 2. The largest absolute Gasteiger partial charge is 0.491 e. The average molecular weight is 423 g/mol. The molecule has 31 heavy (non-hydrogen) atoms. The summed E-state index contributed by atoms with van der Waals surface area (Å²) in [6.45, 7) is 7.73. The number of hydrogen-bond donors (Lipinski definition) is 0. The Bertz CT molecular complexity index is 935. The lowest BCUT2D eigenvalue weighted by molar-refractivity contribution is 0.0303. The van der Waals surface area contributed by atoms with Crippen LogP contribution in [0, 0.1) is 13.8 Å². The molecule has 0 bridgehead atoms. The maximum Gasteiger partial charge on any atom is 0.254 e. The zero-order chi connectivity index (χ0) is 21.8. The number of ether oxygens (including phenoxy) is 2. The van der Waals surface area contributed by atoms with E-state index in [1.807, 2.05) is 47.1 Å².